The van der Waals surface area contributed by atoms with Crippen LogP contribution in [-0.2, 0) is 6.61 Å². The normalized spacial score (nSPS) is 10.4. The Morgan fingerprint density at radius 3 is 2.17 bits per heavy atom. The van der Waals surface area contributed by atoms with E-state index in [0.717, 1.165) is 0 Å². The number of aromatic hydroxyl groups is 1. The number of rotatable bonds is 3. The van der Waals surface area contributed by atoms with Crippen molar-refractivity contribution in [1.82, 2.24) is 0 Å². The molecule has 0 aromatic heterocycles. The summed E-state index contributed by atoms with van der Waals surface area (Å²) in [6.45, 7) is -0.213. The highest BCUT2D eigenvalue weighted by molar-refractivity contribution is 9.10. The van der Waals surface area contributed by atoms with E-state index in [4.69, 9.17) is 9.84 Å². The van der Waals surface area contributed by atoms with Crippen molar-refractivity contribution in [3.8, 4) is 11.5 Å². The van der Waals surface area contributed by atoms with Crippen LogP contribution >= 0.6 is 15.9 Å². The van der Waals surface area contributed by atoms with E-state index in [1.807, 2.05) is 0 Å². The topological polar surface area (TPSA) is 29.5 Å². The number of phenolic OH excluding ortho intramolecular Hbond substituents is 1. The molecule has 0 aliphatic heterocycles. The Kier molecular flexibility index (Phi) is 3.81. The van der Waals surface area contributed by atoms with Gasteiger partial charge in [0.25, 0.3) is 0 Å². The third-order valence-corrected chi connectivity index (χ3v) is 2.78. The Morgan fingerprint density at radius 2 is 1.61 bits per heavy atom. The van der Waals surface area contributed by atoms with E-state index in [1.165, 1.54) is 36.4 Å². The molecule has 2 rings (SSSR count). The molecule has 2 nitrogen and oxygen atoms in total. The molecule has 0 fully saturated rings. The predicted octanol–water partition coefficient (Wildman–Crippen LogP) is 4.01. The molecule has 0 atom stereocenters. The van der Waals surface area contributed by atoms with Gasteiger partial charge >= 0.3 is 0 Å². The van der Waals surface area contributed by atoms with E-state index >= 15 is 0 Å². The first-order valence-corrected chi connectivity index (χ1v) is 5.91. The highest BCUT2D eigenvalue weighted by Crippen LogP contribution is 2.22. The Balaban J connectivity index is 2.13. The molecule has 0 spiro atoms. The molecule has 0 unspecified atom stereocenters. The van der Waals surface area contributed by atoms with E-state index < -0.39 is 11.6 Å². The zero-order valence-corrected chi connectivity index (χ0v) is 10.7. The lowest BCUT2D eigenvalue weighted by Crippen LogP contribution is -2.02. The van der Waals surface area contributed by atoms with Gasteiger partial charge in [0.2, 0.25) is 0 Å². The van der Waals surface area contributed by atoms with Gasteiger partial charge in [0.1, 0.15) is 29.7 Å². The van der Waals surface area contributed by atoms with E-state index in [9.17, 15) is 8.78 Å². The quantitative estimate of drug-likeness (QED) is 0.927. The number of halogens is 3. The van der Waals surface area contributed by atoms with Gasteiger partial charge in [-0.1, -0.05) is 15.9 Å². The van der Waals surface area contributed by atoms with E-state index in [-0.39, 0.29) is 17.9 Å². The highest BCUT2D eigenvalue weighted by atomic mass is 79.9. The van der Waals surface area contributed by atoms with Gasteiger partial charge in [0.05, 0.1) is 5.56 Å². The molecule has 2 aromatic rings. The van der Waals surface area contributed by atoms with Crippen LogP contribution in [0, 0.1) is 11.6 Å². The lowest BCUT2D eigenvalue weighted by molar-refractivity contribution is 0.292. The molecule has 0 heterocycles. The lowest BCUT2D eigenvalue weighted by atomic mass is 10.2. The number of hydrogen-bond donors (Lipinski definition) is 1. The first kappa shape index (κ1) is 12.8. The second kappa shape index (κ2) is 5.35. The maximum atomic E-state index is 13.5. The molecule has 0 saturated carbocycles. The van der Waals surface area contributed by atoms with Crippen molar-refractivity contribution >= 4 is 15.9 Å². The summed E-state index contributed by atoms with van der Waals surface area (Å²) in [6.07, 6.45) is 0. The first-order valence-electron chi connectivity index (χ1n) is 5.11. The van der Waals surface area contributed by atoms with Gasteiger partial charge in [-0.2, -0.15) is 0 Å². The van der Waals surface area contributed by atoms with Crippen molar-refractivity contribution in [3.63, 3.8) is 0 Å². The fraction of sp³-hybridized carbons (Fsp3) is 0.0769. The van der Waals surface area contributed by atoms with Crippen LogP contribution in [0.2, 0.25) is 0 Å². The molecule has 94 valence electrons. The van der Waals surface area contributed by atoms with Gasteiger partial charge < -0.3 is 9.84 Å². The highest BCUT2D eigenvalue weighted by Gasteiger charge is 2.11. The SMILES string of the molecule is Oc1ccc(OCc2c(F)cc(Br)cc2F)cc1. The van der Waals surface area contributed by atoms with Crippen molar-refractivity contribution < 1.29 is 18.6 Å². The molecular formula is C13H9BrF2O2. The zero-order chi connectivity index (χ0) is 13.1. The summed E-state index contributed by atoms with van der Waals surface area (Å²) in [4.78, 5) is 0. The Labute approximate surface area is 111 Å². The van der Waals surface area contributed by atoms with Crippen molar-refractivity contribution in [2.75, 3.05) is 0 Å². The van der Waals surface area contributed by atoms with E-state index in [0.29, 0.717) is 10.2 Å². The first-order chi connectivity index (χ1) is 8.56. The molecule has 1 N–H and O–H groups in total. The minimum absolute atomic E-state index is 0.100. The molecule has 0 aliphatic carbocycles. The Bertz CT molecular complexity index is 532. The van der Waals surface area contributed by atoms with E-state index in [2.05, 4.69) is 15.9 Å². The summed E-state index contributed by atoms with van der Waals surface area (Å²) in [5, 5.41) is 9.08. The largest absolute Gasteiger partial charge is 0.508 e. The molecule has 0 aliphatic rings. The van der Waals surface area contributed by atoms with Crippen LogP contribution in [0.4, 0.5) is 8.78 Å². The van der Waals surface area contributed by atoms with Crippen molar-refractivity contribution in [2.24, 2.45) is 0 Å². The standard InChI is InChI=1S/C13H9BrF2O2/c14-8-5-12(15)11(13(16)6-8)7-18-10-3-1-9(17)2-4-10/h1-6,17H,7H2. The fourth-order valence-electron chi connectivity index (χ4n) is 1.41. The molecule has 0 amide bonds. The van der Waals surface area contributed by atoms with Gasteiger partial charge in [0.15, 0.2) is 0 Å². The third-order valence-electron chi connectivity index (χ3n) is 2.33. The second-order valence-corrected chi connectivity index (χ2v) is 4.55. The number of benzene rings is 2. The number of hydrogen-bond acceptors (Lipinski definition) is 2. The molecular weight excluding hydrogens is 306 g/mol. The maximum absolute atomic E-state index is 13.5. The molecule has 0 radical (unpaired) electrons. The number of phenols is 1. The van der Waals surface area contributed by atoms with Crippen LogP contribution in [0.15, 0.2) is 40.9 Å². The third kappa shape index (κ3) is 2.98. The van der Waals surface area contributed by atoms with Crippen LogP contribution in [0.25, 0.3) is 0 Å². The molecule has 5 heteroatoms. The summed E-state index contributed by atoms with van der Waals surface area (Å²) in [5.74, 6) is -0.806. The van der Waals surface area contributed by atoms with Crippen LogP contribution in [-0.4, -0.2) is 5.11 Å². The monoisotopic (exact) mass is 314 g/mol. The zero-order valence-electron chi connectivity index (χ0n) is 9.16. The predicted molar refractivity (Wildman–Crippen MR) is 66.5 cm³/mol. The maximum Gasteiger partial charge on any atom is 0.133 e. The minimum Gasteiger partial charge on any atom is -0.508 e. The minimum atomic E-state index is -0.666. The van der Waals surface area contributed by atoms with Crippen LogP contribution in [0.3, 0.4) is 0 Å². The summed E-state index contributed by atoms with van der Waals surface area (Å²) in [6, 6.07) is 8.26. The fourth-order valence-corrected chi connectivity index (χ4v) is 1.81. The smallest absolute Gasteiger partial charge is 0.133 e. The van der Waals surface area contributed by atoms with Crippen molar-refractivity contribution in [3.05, 3.63) is 58.1 Å². The average Bonchev–Trinajstić information content (AvgIpc) is 2.30. The van der Waals surface area contributed by atoms with Crippen LogP contribution in [0.1, 0.15) is 5.56 Å². The van der Waals surface area contributed by atoms with Gasteiger partial charge in [-0.25, -0.2) is 8.78 Å². The second-order valence-electron chi connectivity index (χ2n) is 3.63. The van der Waals surface area contributed by atoms with Gasteiger partial charge in [0, 0.05) is 4.47 Å². The van der Waals surface area contributed by atoms with Crippen LogP contribution < -0.4 is 4.74 Å². The van der Waals surface area contributed by atoms with E-state index in [1.54, 1.807) is 0 Å². The van der Waals surface area contributed by atoms with Gasteiger partial charge in [-0.05, 0) is 36.4 Å². The summed E-state index contributed by atoms with van der Waals surface area (Å²) >= 11 is 3.00. The summed E-state index contributed by atoms with van der Waals surface area (Å²) in [5.41, 5.74) is -0.133. The number of ether oxygens (including phenoxy) is 1. The van der Waals surface area contributed by atoms with Gasteiger partial charge in [-0.15, -0.1) is 0 Å². The molecule has 2 aromatic carbocycles. The molecule has 0 saturated heterocycles. The van der Waals surface area contributed by atoms with Crippen molar-refractivity contribution in [1.29, 1.82) is 0 Å². The molecule has 0 bridgehead atoms. The lowest BCUT2D eigenvalue weighted by Gasteiger charge is -2.08. The van der Waals surface area contributed by atoms with Crippen molar-refractivity contribution in [2.45, 2.75) is 6.61 Å². The Hall–Kier alpha value is -1.62. The molecule has 18 heavy (non-hydrogen) atoms. The summed E-state index contributed by atoms with van der Waals surface area (Å²) in [7, 11) is 0. The summed E-state index contributed by atoms with van der Waals surface area (Å²) < 4.78 is 32.6. The van der Waals surface area contributed by atoms with Crippen LogP contribution in [0.5, 0.6) is 11.5 Å². The average molecular weight is 315 g/mol. The van der Waals surface area contributed by atoms with Gasteiger partial charge in [-0.3, -0.25) is 0 Å². The Morgan fingerprint density at radius 1 is 1.06 bits per heavy atom.